The van der Waals surface area contributed by atoms with Gasteiger partial charge in [-0.1, -0.05) is 45.4 Å². The first-order valence-electron chi connectivity index (χ1n) is 13.6. The number of ether oxygens (including phenoxy) is 2. The maximum Gasteiger partial charge on any atom is 0.459 e. The maximum atomic E-state index is 13.9. The number of nitrogen functional groups attached to an aromatic ring is 1. The van der Waals surface area contributed by atoms with Gasteiger partial charge in [-0.15, -0.1) is 0 Å². The Morgan fingerprint density at radius 3 is 2.80 bits per heavy atom. The largest absolute Gasteiger partial charge is 0.465 e. The lowest BCUT2D eigenvalue weighted by Gasteiger charge is -2.26. The Kier molecular flexibility index (Phi) is 9.34. The number of nitrogens with zero attached hydrogens (tertiary/aromatic N) is 4. The summed E-state index contributed by atoms with van der Waals surface area (Å²) in [6.07, 6.45) is 3.16. The van der Waals surface area contributed by atoms with Crippen LogP contribution < -0.4 is 15.3 Å². The number of carbonyl (C=O) groups excluding carboxylic acids is 1. The monoisotopic (exact) mass is 584 g/mol. The predicted molar refractivity (Wildman–Crippen MR) is 152 cm³/mol. The van der Waals surface area contributed by atoms with Crippen molar-refractivity contribution in [3.63, 3.8) is 0 Å². The van der Waals surface area contributed by atoms with E-state index < -0.39 is 31.5 Å². The molecule has 0 saturated carbocycles. The Hall–Kier alpha value is -3.49. The summed E-state index contributed by atoms with van der Waals surface area (Å²) in [6.45, 7) is 7.91. The number of anilines is 1. The van der Waals surface area contributed by atoms with Gasteiger partial charge in [0, 0.05) is 0 Å². The summed E-state index contributed by atoms with van der Waals surface area (Å²) in [5, 5.41) is 17.1. The van der Waals surface area contributed by atoms with Gasteiger partial charge in [0.1, 0.15) is 29.7 Å². The van der Waals surface area contributed by atoms with Crippen LogP contribution in [-0.4, -0.2) is 45.9 Å². The molecule has 0 spiro atoms. The van der Waals surface area contributed by atoms with Crippen LogP contribution in [0.15, 0.2) is 48.8 Å². The fourth-order valence-corrected chi connectivity index (χ4v) is 5.90. The molecule has 1 aromatic carbocycles. The molecule has 220 valence electrons. The van der Waals surface area contributed by atoms with Gasteiger partial charge in [0.25, 0.3) is 0 Å². The summed E-state index contributed by atoms with van der Waals surface area (Å²) in [5.74, 6) is 0.00706. The number of fused-ring (bicyclic) bond motifs is 1. The second kappa shape index (κ2) is 12.6. The van der Waals surface area contributed by atoms with Gasteiger partial charge in [0.05, 0.1) is 25.0 Å². The minimum Gasteiger partial charge on any atom is -0.465 e. The molecule has 2 aromatic heterocycles. The number of para-hydroxylation sites is 1. The van der Waals surface area contributed by atoms with Crippen LogP contribution in [0, 0.1) is 16.7 Å². The predicted octanol–water partition coefficient (Wildman–Crippen LogP) is 4.76. The van der Waals surface area contributed by atoms with Crippen molar-refractivity contribution in [3.8, 4) is 11.8 Å². The molecule has 1 aliphatic heterocycles. The van der Waals surface area contributed by atoms with Crippen molar-refractivity contribution < 1.29 is 27.9 Å². The Morgan fingerprint density at radius 2 is 2.10 bits per heavy atom. The molecule has 13 heteroatoms. The molecule has 1 aliphatic rings. The molecule has 0 amide bonds. The van der Waals surface area contributed by atoms with E-state index in [1.165, 1.54) is 17.8 Å². The zero-order chi connectivity index (χ0) is 29.7. The zero-order valence-corrected chi connectivity index (χ0v) is 24.7. The molecular weight excluding hydrogens is 547 g/mol. The molecule has 0 aliphatic carbocycles. The topological polar surface area (TPSA) is 163 Å². The minimum atomic E-state index is -4.09. The van der Waals surface area contributed by atoms with Crippen LogP contribution in [0.25, 0.3) is 5.52 Å². The van der Waals surface area contributed by atoms with Crippen molar-refractivity contribution in [2.75, 3.05) is 18.9 Å². The third-order valence-electron chi connectivity index (χ3n) is 7.35. The highest BCUT2D eigenvalue weighted by Gasteiger charge is 2.45. The Bertz CT molecular complexity index is 1440. The third-order valence-corrected chi connectivity index (χ3v) is 8.99. The zero-order valence-electron chi connectivity index (χ0n) is 23.8. The third kappa shape index (κ3) is 7.24. The minimum absolute atomic E-state index is 0.0401. The van der Waals surface area contributed by atoms with E-state index in [-0.39, 0.29) is 24.4 Å². The van der Waals surface area contributed by atoms with E-state index in [0.29, 0.717) is 36.2 Å². The molecule has 3 heterocycles. The number of nitriles is 1. The van der Waals surface area contributed by atoms with Crippen LogP contribution in [-0.2, 0) is 29.0 Å². The van der Waals surface area contributed by atoms with E-state index in [4.69, 9.17) is 24.3 Å². The van der Waals surface area contributed by atoms with Crippen LogP contribution in [0.3, 0.4) is 0 Å². The Labute approximate surface area is 239 Å². The number of nitrogens with two attached hydrogens (primary N) is 1. The number of esters is 1. The van der Waals surface area contributed by atoms with Gasteiger partial charge in [-0.3, -0.25) is 9.32 Å². The first-order chi connectivity index (χ1) is 19.5. The fourth-order valence-electron chi connectivity index (χ4n) is 4.38. The smallest absolute Gasteiger partial charge is 0.459 e. The van der Waals surface area contributed by atoms with Gasteiger partial charge in [-0.05, 0) is 55.9 Å². The highest BCUT2D eigenvalue weighted by Crippen LogP contribution is 2.47. The fraction of sp³-hybridized carbons (Fsp3) is 0.500. The van der Waals surface area contributed by atoms with Gasteiger partial charge < -0.3 is 19.7 Å². The van der Waals surface area contributed by atoms with Crippen molar-refractivity contribution in [2.45, 2.75) is 71.1 Å². The first kappa shape index (κ1) is 30.5. The van der Waals surface area contributed by atoms with Gasteiger partial charge in [0.15, 0.2) is 11.4 Å². The van der Waals surface area contributed by atoms with Crippen molar-refractivity contribution in [1.82, 2.24) is 19.7 Å². The van der Waals surface area contributed by atoms with Crippen molar-refractivity contribution >= 4 is 25.1 Å². The second-order valence-corrected chi connectivity index (χ2v) is 12.6. The summed E-state index contributed by atoms with van der Waals surface area (Å²) in [5.41, 5.74) is 5.74. The number of carbonyl (C=O) groups is 1. The molecule has 3 aromatic rings. The molecular formula is C28H37N6O6P. The number of aromatic nitrogens is 3. The highest BCUT2D eigenvalue weighted by atomic mass is 31.2. The number of benzene rings is 1. The Balaban J connectivity index is 1.44. The molecule has 3 N–H and O–H groups in total. The lowest BCUT2D eigenvalue weighted by atomic mass is 9.87. The number of hydrogen-bond acceptors (Lipinski definition) is 10. The summed E-state index contributed by atoms with van der Waals surface area (Å²) < 4.78 is 38.6. The van der Waals surface area contributed by atoms with Crippen LogP contribution >= 0.6 is 7.75 Å². The molecule has 2 unspecified atom stereocenters. The average Bonchev–Trinajstić information content (AvgIpc) is 3.58. The van der Waals surface area contributed by atoms with Crippen molar-refractivity contribution in [2.24, 2.45) is 5.41 Å². The summed E-state index contributed by atoms with van der Waals surface area (Å²) in [6, 6.07) is 13.3. The molecule has 12 nitrogen and oxygen atoms in total. The Morgan fingerprint density at radius 1 is 1.34 bits per heavy atom. The molecule has 1 saturated heterocycles. The van der Waals surface area contributed by atoms with E-state index >= 15 is 0 Å². The van der Waals surface area contributed by atoms with Gasteiger partial charge >= 0.3 is 13.7 Å². The standard InChI is InChI=1S/C28H37N6O6P/c1-5-27(3,4)15-16-37-26(35)20(2)33-41(36,40-21-9-7-6-8-10-21)38-17-22-13-14-28(18-29,39-22)24-12-11-23-25(30)31-19-32-34(23)24/h6-12,19-20,22H,5,13-17H2,1-4H3,(H,33,36)(H2,30,31,32)/t20-,22-,28?,41?/m0/s1. The summed E-state index contributed by atoms with van der Waals surface area (Å²) in [7, 11) is -4.09. The van der Waals surface area contributed by atoms with E-state index in [1.54, 1.807) is 42.5 Å². The molecule has 0 bridgehead atoms. The van der Waals surface area contributed by atoms with Crippen LogP contribution in [0.5, 0.6) is 5.75 Å². The van der Waals surface area contributed by atoms with Crippen molar-refractivity contribution in [1.29, 1.82) is 5.26 Å². The lowest BCUT2D eigenvalue weighted by Crippen LogP contribution is -2.36. The summed E-state index contributed by atoms with van der Waals surface area (Å²) in [4.78, 5) is 16.7. The SMILES string of the molecule is CCC(C)(C)CCOC(=O)[C@H](C)NP(=O)(OC[C@@H]1CCC(C#N)(c2ccc3c(N)ncnn23)O1)Oc1ccccc1. The summed E-state index contributed by atoms with van der Waals surface area (Å²) >= 11 is 0. The van der Waals surface area contributed by atoms with E-state index in [0.717, 1.165) is 6.42 Å². The van der Waals surface area contributed by atoms with Crippen LogP contribution in [0.1, 0.15) is 59.1 Å². The van der Waals surface area contributed by atoms with Gasteiger partial charge in [-0.2, -0.15) is 15.4 Å². The number of nitrogens with one attached hydrogen (secondary N) is 1. The van der Waals surface area contributed by atoms with Crippen LogP contribution in [0.2, 0.25) is 0 Å². The van der Waals surface area contributed by atoms with Crippen LogP contribution in [0.4, 0.5) is 5.82 Å². The molecule has 1 fully saturated rings. The molecule has 4 atom stereocenters. The molecule has 4 rings (SSSR count). The highest BCUT2D eigenvalue weighted by molar-refractivity contribution is 7.52. The van der Waals surface area contributed by atoms with E-state index in [2.05, 4.69) is 42.0 Å². The molecule has 0 radical (unpaired) electrons. The van der Waals surface area contributed by atoms with E-state index in [9.17, 15) is 14.6 Å². The van der Waals surface area contributed by atoms with Gasteiger partial charge in [-0.25, -0.2) is 14.1 Å². The average molecular weight is 585 g/mol. The van der Waals surface area contributed by atoms with E-state index in [1.807, 2.05) is 0 Å². The number of hydrogen-bond donors (Lipinski definition) is 2. The van der Waals surface area contributed by atoms with Gasteiger partial charge in [0.2, 0.25) is 0 Å². The molecule has 41 heavy (non-hydrogen) atoms. The maximum absolute atomic E-state index is 13.9. The second-order valence-electron chi connectivity index (χ2n) is 10.9. The number of rotatable bonds is 13. The normalized spacial score (nSPS) is 21.2. The quantitative estimate of drug-likeness (QED) is 0.210. The van der Waals surface area contributed by atoms with Crippen molar-refractivity contribution in [3.05, 3.63) is 54.5 Å². The first-order valence-corrected chi connectivity index (χ1v) is 15.2. The lowest BCUT2D eigenvalue weighted by molar-refractivity contribution is -0.146.